The highest BCUT2D eigenvalue weighted by atomic mass is 19.1. The lowest BCUT2D eigenvalue weighted by Crippen LogP contribution is -2.13. The quantitative estimate of drug-likeness (QED) is 0.796. The molecule has 1 fully saturated rings. The predicted molar refractivity (Wildman–Crippen MR) is 96.8 cm³/mol. The average Bonchev–Trinajstić information content (AvgIpc) is 3.25. The third-order valence-corrected chi connectivity index (χ3v) is 4.60. The molecule has 132 valence electrons. The molecule has 1 aromatic heterocycles. The molecule has 0 aliphatic heterocycles. The minimum absolute atomic E-state index is 0.116. The van der Waals surface area contributed by atoms with E-state index >= 15 is 0 Å². The zero-order valence-electron chi connectivity index (χ0n) is 14.5. The normalized spacial score (nSPS) is 15.1. The summed E-state index contributed by atoms with van der Waals surface area (Å²) in [6.07, 6.45) is 9.14. The van der Waals surface area contributed by atoms with Crippen molar-refractivity contribution in [2.75, 3.05) is 5.32 Å². The van der Waals surface area contributed by atoms with Crippen molar-refractivity contribution in [3.8, 4) is 0 Å². The molecule has 3 rings (SSSR count). The molecule has 1 aliphatic rings. The molecule has 25 heavy (non-hydrogen) atoms. The molecule has 1 saturated carbocycles. The molecular formula is C20H24FN3O. The van der Waals surface area contributed by atoms with E-state index in [0.717, 1.165) is 11.3 Å². The third kappa shape index (κ3) is 4.78. The highest BCUT2D eigenvalue weighted by Crippen LogP contribution is 2.25. The van der Waals surface area contributed by atoms with Crippen molar-refractivity contribution in [3.63, 3.8) is 0 Å². The average molecular weight is 341 g/mol. The maximum atomic E-state index is 13.0. The van der Waals surface area contributed by atoms with Crippen molar-refractivity contribution in [3.05, 3.63) is 59.6 Å². The number of allylic oxidation sites excluding steroid dienone is 1. The van der Waals surface area contributed by atoms with Crippen LogP contribution in [-0.4, -0.2) is 15.7 Å². The molecule has 1 heterocycles. The summed E-state index contributed by atoms with van der Waals surface area (Å²) in [4.78, 5) is 12.2. The summed E-state index contributed by atoms with van der Waals surface area (Å²) in [5.74, 6) is 0.872. The summed E-state index contributed by atoms with van der Waals surface area (Å²) >= 11 is 0. The number of nitrogens with zero attached hydrogens (tertiary/aromatic N) is 2. The van der Waals surface area contributed by atoms with Crippen LogP contribution in [0.1, 0.15) is 43.9 Å². The fraction of sp³-hybridized carbons (Fsp3) is 0.400. The van der Waals surface area contributed by atoms with E-state index in [0.29, 0.717) is 24.7 Å². The SMILES string of the molecule is CCn1nc(Cc2ccc(F)cc2)cc1NC(=O)C=CC1CCCC1. The topological polar surface area (TPSA) is 46.9 Å². The van der Waals surface area contributed by atoms with Crippen molar-refractivity contribution in [1.29, 1.82) is 0 Å². The second-order valence-corrected chi connectivity index (χ2v) is 6.53. The molecule has 1 amide bonds. The lowest BCUT2D eigenvalue weighted by molar-refractivity contribution is -0.112. The van der Waals surface area contributed by atoms with Gasteiger partial charge in [-0.2, -0.15) is 5.10 Å². The summed E-state index contributed by atoms with van der Waals surface area (Å²) in [6, 6.07) is 8.28. The van der Waals surface area contributed by atoms with Crippen LogP contribution in [0.25, 0.3) is 0 Å². The van der Waals surface area contributed by atoms with Gasteiger partial charge in [0.05, 0.1) is 5.69 Å². The number of hydrogen-bond acceptors (Lipinski definition) is 2. The first kappa shape index (κ1) is 17.4. The van der Waals surface area contributed by atoms with Gasteiger partial charge in [-0.15, -0.1) is 0 Å². The molecule has 1 N–H and O–H groups in total. The van der Waals surface area contributed by atoms with Crippen LogP contribution < -0.4 is 5.32 Å². The van der Waals surface area contributed by atoms with Gasteiger partial charge in [0, 0.05) is 19.0 Å². The van der Waals surface area contributed by atoms with Crippen LogP contribution in [0.2, 0.25) is 0 Å². The van der Waals surface area contributed by atoms with E-state index < -0.39 is 0 Å². The molecule has 4 nitrogen and oxygen atoms in total. The number of nitrogens with one attached hydrogen (secondary N) is 1. The second kappa shape index (κ2) is 8.10. The van der Waals surface area contributed by atoms with Crippen LogP contribution >= 0.6 is 0 Å². The number of benzene rings is 1. The highest BCUT2D eigenvalue weighted by Gasteiger charge is 2.13. The van der Waals surface area contributed by atoms with Gasteiger partial charge in [-0.3, -0.25) is 4.79 Å². The zero-order chi connectivity index (χ0) is 17.6. The van der Waals surface area contributed by atoms with Crippen LogP contribution in [0.5, 0.6) is 0 Å². The Bertz CT molecular complexity index is 743. The van der Waals surface area contributed by atoms with Crippen LogP contribution in [0, 0.1) is 11.7 Å². The number of carbonyl (C=O) groups is 1. The minimum Gasteiger partial charge on any atom is -0.307 e. The van der Waals surface area contributed by atoms with Crippen molar-refractivity contribution >= 4 is 11.7 Å². The number of halogens is 1. The Kier molecular flexibility index (Phi) is 5.64. The molecule has 0 atom stereocenters. The van der Waals surface area contributed by atoms with Crippen LogP contribution in [0.3, 0.4) is 0 Å². The lowest BCUT2D eigenvalue weighted by Gasteiger charge is -2.05. The Balaban J connectivity index is 1.65. The Hall–Kier alpha value is -2.43. The van der Waals surface area contributed by atoms with Crippen LogP contribution in [-0.2, 0) is 17.8 Å². The molecular weight excluding hydrogens is 317 g/mol. The van der Waals surface area contributed by atoms with E-state index in [9.17, 15) is 9.18 Å². The number of rotatable bonds is 6. The minimum atomic E-state index is -0.246. The first-order valence-corrected chi connectivity index (χ1v) is 8.94. The van der Waals surface area contributed by atoms with Gasteiger partial charge in [-0.25, -0.2) is 9.07 Å². The molecule has 0 spiro atoms. The lowest BCUT2D eigenvalue weighted by atomic mass is 10.1. The van der Waals surface area contributed by atoms with Gasteiger partial charge in [0.2, 0.25) is 5.91 Å². The van der Waals surface area contributed by atoms with E-state index in [4.69, 9.17) is 0 Å². The van der Waals surface area contributed by atoms with E-state index in [1.54, 1.807) is 22.9 Å². The highest BCUT2D eigenvalue weighted by molar-refractivity contribution is 5.98. The molecule has 0 saturated heterocycles. The van der Waals surface area contributed by atoms with E-state index in [1.807, 2.05) is 19.1 Å². The van der Waals surface area contributed by atoms with Gasteiger partial charge in [-0.05, 0) is 49.5 Å². The van der Waals surface area contributed by atoms with E-state index in [-0.39, 0.29) is 11.7 Å². The zero-order valence-corrected chi connectivity index (χ0v) is 14.5. The van der Waals surface area contributed by atoms with Gasteiger partial charge in [0.15, 0.2) is 0 Å². The van der Waals surface area contributed by atoms with Gasteiger partial charge >= 0.3 is 0 Å². The number of aryl methyl sites for hydroxylation is 1. The number of hydrogen-bond donors (Lipinski definition) is 1. The maximum Gasteiger partial charge on any atom is 0.249 e. The monoisotopic (exact) mass is 341 g/mol. The first-order chi connectivity index (χ1) is 12.1. The summed E-state index contributed by atoms with van der Waals surface area (Å²) < 4.78 is 14.8. The predicted octanol–water partition coefficient (Wildman–Crippen LogP) is 4.32. The van der Waals surface area contributed by atoms with Crippen LogP contribution in [0.4, 0.5) is 10.2 Å². The van der Waals surface area contributed by atoms with E-state index in [2.05, 4.69) is 10.4 Å². The Morgan fingerprint density at radius 3 is 2.72 bits per heavy atom. The van der Waals surface area contributed by atoms with Gasteiger partial charge in [0.1, 0.15) is 11.6 Å². The van der Waals surface area contributed by atoms with E-state index in [1.165, 1.54) is 37.8 Å². The Labute approximate surface area is 147 Å². The molecule has 0 unspecified atom stereocenters. The van der Waals surface area contributed by atoms with Crippen molar-refractivity contribution in [1.82, 2.24) is 9.78 Å². The standard InChI is InChI=1S/C20H24FN3O/c1-2-24-19(22-20(25)12-9-15-5-3-4-6-15)14-18(23-24)13-16-7-10-17(21)11-8-16/h7-12,14-15H,2-6,13H2,1H3,(H,22,25). The van der Waals surface area contributed by atoms with Crippen LogP contribution in [0.15, 0.2) is 42.5 Å². The third-order valence-electron chi connectivity index (χ3n) is 4.60. The molecule has 0 bridgehead atoms. The number of amides is 1. The smallest absolute Gasteiger partial charge is 0.249 e. The van der Waals surface area contributed by atoms with Crippen molar-refractivity contribution < 1.29 is 9.18 Å². The second-order valence-electron chi connectivity index (χ2n) is 6.53. The largest absolute Gasteiger partial charge is 0.307 e. The molecule has 1 aliphatic carbocycles. The van der Waals surface area contributed by atoms with Gasteiger partial charge in [-0.1, -0.05) is 31.1 Å². The Morgan fingerprint density at radius 2 is 2.04 bits per heavy atom. The number of anilines is 1. The molecule has 5 heteroatoms. The fourth-order valence-electron chi connectivity index (χ4n) is 3.25. The number of aromatic nitrogens is 2. The number of carbonyl (C=O) groups excluding carboxylic acids is 1. The summed E-state index contributed by atoms with van der Waals surface area (Å²) in [6.45, 7) is 2.66. The molecule has 0 radical (unpaired) electrons. The van der Waals surface area contributed by atoms with Crippen molar-refractivity contribution in [2.24, 2.45) is 5.92 Å². The van der Waals surface area contributed by atoms with Gasteiger partial charge < -0.3 is 5.32 Å². The molecule has 1 aromatic carbocycles. The fourth-order valence-corrected chi connectivity index (χ4v) is 3.25. The molecule has 2 aromatic rings. The van der Waals surface area contributed by atoms with Crippen molar-refractivity contribution in [2.45, 2.75) is 45.6 Å². The summed E-state index contributed by atoms with van der Waals surface area (Å²) in [5.41, 5.74) is 1.84. The summed E-state index contributed by atoms with van der Waals surface area (Å²) in [5, 5.41) is 7.44. The van der Waals surface area contributed by atoms with Gasteiger partial charge in [0.25, 0.3) is 0 Å². The Morgan fingerprint density at radius 1 is 1.32 bits per heavy atom. The first-order valence-electron chi connectivity index (χ1n) is 8.94. The summed E-state index contributed by atoms with van der Waals surface area (Å²) in [7, 11) is 0. The maximum absolute atomic E-state index is 13.0.